The van der Waals surface area contributed by atoms with Gasteiger partial charge in [0.05, 0.1) is 16.9 Å². The summed E-state index contributed by atoms with van der Waals surface area (Å²) in [6, 6.07) is 12.7. The minimum absolute atomic E-state index is 0.0277. The van der Waals surface area contributed by atoms with Crippen molar-refractivity contribution in [2.45, 2.75) is 18.4 Å². The van der Waals surface area contributed by atoms with Crippen molar-refractivity contribution in [2.75, 3.05) is 24.5 Å². The number of thiophene rings is 1. The molecule has 3 aromatic rings. The van der Waals surface area contributed by atoms with Gasteiger partial charge in [0.25, 0.3) is 5.91 Å². The Morgan fingerprint density at radius 1 is 1.18 bits per heavy atom. The summed E-state index contributed by atoms with van der Waals surface area (Å²) in [7, 11) is 0. The molecule has 4 nitrogen and oxygen atoms in total. The summed E-state index contributed by atoms with van der Waals surface area (Å²) in [6.45, 7) is 2.85. The molecule has 1 aromatic carbocycles. The molecule has 28 heavy (non-hydrogen) atoms. The molecule has 1 amide bonds. The van der Waals surface area contributed by atoms with Gasteiger partial charge in [0.15, 0.2) is 0 Å². The van der Waals surface area contributed by atoms with Crippen LogP contribution in [-0.4, -0.2) is 35.4 Å². The third-order valence-electron chi connectivity index (χ3n) is 5.84. The van der Waals surface area contributed by atoms with E-state index in [0.717, 1.165) is 36.5 Å². The van der Waals surface area contributed by atoms with Crippen LogP contribution in [0.1, 0.15) is 28.0 Å². The molecule has 0 radical (unpaired) electrons. The van der Waals surface area contributed by atoms with E-state index in [2.05, 4.69) is 9.88 Å². The topological polar surface area (TPSA) is 36.4 Å². The highest BCUT2D eigenvalue weighted by Crippen LogP contribution is 2.45. The zero-order valence-corrected chi connectivity index (χ0v) is 16.2. The van der Waals surface area contributed by atoms with Crippen molar-refractivity contribution in [1.82, 2.24) is 9.88 Å². The van der Waals surface area contributed by atoms with Gasteiger partial charge in [-0.1, -0.05) is 18.2 Å². The number of fused-ring (bicyclic) bond motifs is 2. The van der Waals surface area contributed by atoms with Crippen LogP contribution in [0.4, 0.5) is 10.1 Å². The molecule has 2 aliphatic heterocycles. The van der Waals surface area contributed by atoms with E-state index in [1.165, 1.54) is 17.4 Å². The Bertz CT molecular complexity index is 1020. The van der Waals surface area contributed by atoms with Crippen molar-refractivity contribution in [3.63, 3.8) is 0 Å². The van der Waals surface area contributed by atoms with Crippen molar-refractivity contribution >= 4 is 22.9 Å². The molecule has 4 heterocycles. The first-order chi connectivity index (χ1) is 13.7. The number of hydrogen-bond donors (Lipinski definition) is 0. The van der Waals surface area contributed by atoms with E-state index in [1.54, 1.807) is 12.3 Å². The number of aromatic nitrogens is 1. The number of anilines is 1. The van der Waals surface area contributed by atoms with Crippen molar-refractivity contribution in [2.24, 2.45) is 0 Å². The van der Waals surface area contributed by atoms with Gasteiger partial charge in [0, 0.05) is 42.2 Å². The molecule has 1 fully saturated rings. The van der Waals surface area contributed by atoms with Crippen LogP contribution in [0.25, 0.3) is 0 Å². The normalized spacial score (nSPS) is 21.4. The number of carbonyl (C=O) groups is 1. The second kappa shape index (κ2) is 6.79. The van der Waals surface area contributed by atoms with Crippen LogP contribution in [0.15, 0.2) is 59.4 Å². The molecule has 142 valence electrons. The van der Waals surface area contributed by atoms with Gasteiger partial charge < -0.3 is 4.90 Å². The number of hydrogen-bond acceptors (Lipinski definition) is 4. The van der Waals surface area contributed by atoms with Crippen molar-refractivity contribution in [3.8, 4) is 0 Å². The summed E-state index contributed by atoms with van der Waals surface area (Å²) in [5, 5.41) is 3.82. The van der Waals surface area contributed by atoms with Crippen molar-refractivity contribution < 1.29 is 9.18 Å². The number of pyridine rings is 1. The number of carbonyl (C=O) groups excluding carboxylic acids is 1. The molecule has 1 atom stereocenters. The molecule has 1 saturated heterocycles. The molecular weight excluding hydrogens is 373 g/mol. The van der Waals surface area contributed by atoms with Crippen LogP contribution in [-0.2, 0) is 12.0 Å². The molecule has 1 spiro atoms. The van der Waals surface area contributed by atoms with E-state index >= 15 is 0 Å². The Morgan fingerprint density at radius 3 is 2.89 bits per heavy atom. The number of amides is 1. The Labute approximate surface area is 167 Å². The maximum absolute atomic E-state index is 14.1. The number of nitrogens with zero attached hydrogens (tertiary/aromatic N) is 3. The standard InChI is InChI=1S/C22H20FN3OS/c23-18-5-2-1-4-16(18)12-25-10-8-22(14-25)15-26(19-6-3-9-24-20(19)22)21(27)17-7-11-28-13-17/h1-7,9,11,13H,8,10,12,14-15H2/t22-/m1/s1. The first-order valence-electron chi connectivity index (χ1n) is 9.42. The summed E-state index contributed by atoms with van der Waals surface area (Å²) in [5.41, 5.74) is 3.15. The zero-order valence-electron chi connectivity index (χ0n) is 15.3. The molecule has 0 aliphatic carbocycles. The molecule has 0 bridgehead atoms. The maximum Gasteiger partial charge on any atom is 0.259 e. The van der Waals surface area contributed by atoms with Crippen molar-refractivity contribution in [3.05, 3.63) is 82.1 Å². The molecule has 0 N–H and O–H groups in total. The summed E-state index contributed by atoms with van der Waals surface area (Å²) in [4.78, 5) is 21.9. The minimum Gasteiger partial charge on any atom is -0.305 e. The molecule has 6 heteroatoms. The quantitative estimate of drug-likeness (QED) is 0.673. The van der Waals surface area contributed by atoms with Gasteiger partial charge in [-0.15, -0.1) is 0 Å². The smallest absolute Gasteiger partial charge is 0.259 e. The molecule has 2 aliphatic rings. The lowest BCUT2D eigenvalue weighted by Crippen LogP contribution is -2.39. The van der Waals surface area contributed by atoms with Crippen LogP contribution in [0.2, 0.25) is 0 Å². The lowest BCUT2D eigenvalue weighted by Gasteiger charge is -2.25. The van der Waals surface area contributed by atoms with Crippen molar-refractivity contribution in [1.29, 1.82) is 0 Å². The lowest BCUT2D eigenvalue weighted by atomic mass is 9.85. The van der Waals surface area contributed by atoms with Gasteiger partial charge in [-0.05, 0) is 42.6 Å². The fraction of sp³-hybridized carbons (Fsp3) is 0.273. The predicted molar refractivity (Wildman–Crippen MR) is 108 cm³/mol. The van der Waals surface area contributed by atoms with Gasteiger partial charge >= 0.3 is 0 Å². The molecular formula is C22H20FN3OS. The summed E-state index contributed by atoms with van der Waals surface area (Å²) in [5.74, 6) is -0.136. The third-order valence-corrected chi connectivity index (χ3v) is 6.52. The van der Waals surface area contributed by atoms with E-state index in [1.807, 2.05) is 46.0 Å². The number of rotatable bonds is 3. The minimum atomic E-state index is -0.187. The van der Waals surface area contributed by atoms with Crippen LogP contribution in [0.3, 0.4) is 0 Å². The number of halogens is 1. The average Bonchev–Trinajstić information content (AvgIpc) is 3.45. The molecule has 5 rings (SSSR count). The lowest BCUT2D eigenvalue weighted by molar-refractivity contribution is 0.0985. The Balaban J connectivity index is 1.43. The van der Waals surface area contributed by atoms with E-state index in [9.17, 15) is 9.18 Å². The second-order valence-corrected chi connectivity index (χ2v) is 8.39. The highest BCUT2D eigenvalue weighted by atomic mass is 32.1. The van der Waals surface area contributed by atoms with E-state index in [-0.39, 0.29) is 17.1 Å². The van der Waals surface area contributed by atoms with Gasteiger partial charge in [0.2, 0.25) is 0 Å². The Morgan fingerprint density at radius 2 is 2.07 bits per heavy atom. The van der Waals surface area contributed by atoms with Crippen LogP contribution >= 0.6 is 11.3 Å². The fourth-order valence-corrected chi connectivity index (χ4v) is 5.12. The highest BCUT2D eigenvalue weighted by Gasteiger charge is 2.50. The first-order valence-corrected chi connectivity index (χ1v) is 10.4. The molecule has 0 saturated carbocycles. The van der Waals surface area contributed by atoms with E-state index in [4.69, 9.17) is 0 Å². The fourth-order valence-electron chi connectivity index (χ4n) is 4.49. The molecule has 2 aromatic heterocycles. The summed E-state index contributed by atoms with van der Waals surface area (Å²) < 4.78 is 14.1. The number of benzene rings is 1. The predicted octanol–water partition coefficient (Wildman–Crippen LogP) is 4.09. The van der Waals surface area contributed by atoms with Crippen LogP contribution in [0.5, 0.6) is 0 Å². The second-order valence-electron chi connectivity index (χ2n) is 7.61. The van der Waals surface area contributed by atoms with Gasteiger partial charge in [-0.25, -0.2) is 4.39 Å². The zero-order chi connectivity index (χ0) is 19.1. The van der Waals surface area contributed by atoms with Gasteiger partial charge in [0.1, 0.15) is 5.82 Å². The SMILES string of the molecule is O=C(c1ccsc1)N1C[C@]2(CCN(Cc3ccccc3F)C2)c2ncccc21. The van der Waals surface area contributed by atoms with Gasteiger partial charge in [-0.3, -0.25) is 14.7 Å². The van der Waals surface area contributed by atoms with E-state index < -0.39 is 0 Å². The average molecular weight is 393 g/mol. The third kappa shape index (κ3) is 2.84. The maximum atomic E-state index is 14.1. The monoisotopic (exact) mass is 393 g/mol. The summed E-state index contributed by atoms with van der Waals surface area (Å²) >= 11 is 1.53. The Hall–Kier alpha value is -2.57. The summed E-state index contributed by atoms with van der Waals surface area (Å²) in [6.07, 6.45) is 2.72. The first kappa shape index (κ1) is 17.5. The van der Waals surface area contributed by atoms with Gasteiger partial charge in [-0.2, -0.15) is 11.3 Å². The largest absolute Gasteiger partial charge is 0.305 e. The number of likely N-dealkylation sites (tertiary alicyclic amines) is 1. The molecule has 0 unspecified atom stereocenters. The van der Waals surface area contributed by atoms with Crippen LogP contribution in [0, 0.1) is 5.82 Å². The highest BCUT2D eigenvalue weighted by molar-refractivity contribution is 7.08. The Kier molecular flexibility index (Phi) is 4.25. The van der Waals surface area contributed by atoms with Crippen LogP contribution < -0.4 is 4.90 Å². The van der Waals surface area contributed by atoms with E-state index in [0.29, 0.717) is 18.7 Å².